The number of hydrogen-bond donors (Lipinski definition) is 2. The Morgan fingerprint density at radius 3 is 2.52 bits per heavy atom. The van der Waals surface area contributed by atoms with E-state index in [1.54, 1.807) is 11.9 Å². The SMILES string of the molecule is CN(C(=O)c1ccc(=O)[nH]c1)C(CCO)c1ccccc1. The van der Waals surface area contributed by atoms with Crippen LogP contribution < -0.4 is 5.56 Å². The predicted octanol–water partition coefficient (Wildman–Crippen LogP) is 1.57. The fourth-order valence-corrected chi connectivity index (χ4v) is 2.27. The molecule has 0 fully saturated rings. The van der Waals surface area contributed by atoms with Crippen LogP contribution in [0.5, 0.6) is 0 Å². The van der Waals surface area contributed by atoms with Gasteiger partial charge >= 0.3 is 0 Å². The standard InChI is InChI=1S/C16H18N2O3/c1-18(16(21)13-7-8-15(20)17-11-13)14(9-10-19)12-5-3-2-4-6-12/h2-8,11,14,19H,9-10H2,1H3,(H,17,20). The fraction of sp³-hybridized carbons (Fsp3) is 0.250. The van der Waals surface area contributed by atoms with Gasteiger partial charge in [0, 0.05) is 25.9 Å². The molecule has 1 heterocycles. The second kappa shape index (κ2) is 6.85. The number of aromatic nitrogens is 1. The molecule has 5 nitrogen and oxygen atoms in total. The van der Waals surface area contributed by atoms with Gasteiger partial charge in [-0.1, -0.05) is 30.3 Å². The Hall–Kier alpha value is -2.40. The summed E-state index contributed by atoms with van der Waals surface area (Å²) in [7, 11) is 1.70. The molecule has 0 saturated carbocycles. The maximum atomic E-state index is 12.5. The number of aliphatic hydroxyl groups excluding tert-OH is 1. The molecule has 0 spiro atoms. The molecule has 0 aliphatic heterocycles. The third-order valence-corrected chi connectivity index (χ3v) is 3.41. The molecule has 1 amide bonds. The van der Waals surface area contributed by atoms with Crippen LogP contribution in [0.3, 0.4) is 0 Å². The fourth-order valence-electron chi connectivity index (χ4n) is 2.27. The Bertz CT molecular complexity index is 632. The van der Waals surface area contributed by atoms with Gasteiger partial charge in [0.05, 0.1) is 11.6 Å². The number of benzene rings is 1. The van der Waals surface area contributed by atoms with E-state index >= 15 is 0 Å². The number of aliphatic hydroxyl groups is 1. The number of rotatable bonds is 5. The minimum Gasteiger partial charge on any atom is -0.396 e. The maximum absolute atomic E-state index is 12.5. The molecule has 5 heteroatoms. The van der Waals surface area contributed by atoms with Crippen molar-refractivity contribution in [2.24, 2.45) is 0 Å². The summed E-state index contributed by atoms with van der Waals surface area (Å²) in [5, 5.41) is 9.25. The van der Waals surface area contributed by atoms with Gasteiger partial charge in [0.25, 0.3) is 5.91 Å². The van der Waals surface area contributed by atoms with Crippen LogP contribution in [-0.2, 0) is 0 Å². The van der Waals surface area contributed by atoms with Gasteiger partial charge in [0.2, 0.25) is 5.56 Å². The van der Waals surface area contributed by atoms with E-state index in [0.29, 0.717) is 12.0 Å². The first kappa shape index (κ1) is 15.0. The average Bonchev–Trinajstić information content (AvgIpc) is 2.53. The highest BCUT2D eigenvalue weighted by atomic mass is 16.3. The van der Waals surface area contributed by atoms with Gasteiger partial charge in [0.15, 0.2) is 0 Å². The molecule has 2 rings (SSSR count). The van der Waals surface area contributed by atoms with Crippen molar-refractivity contribution in [3.63, 3.8) is 0 Å². The monoisotopic (exact) mass is 286 g/mol. The Morgan fingerprint density at radius 1 is 1.24 bits per heavy atom. The third kappa shape index (κ3) is 3.58. The van der Waals surface area contributed by atoms with Crippen LogP contribution in [0.15, 0.2) is 53.5 Å². The highest BCUT2D eigenvalue weighted by Crippen LogP contribution is 2.24. The highest BCUT2D eigenvalue weighted by molar-refractivity contribution is 5.93. The first-order valence-corrected chi connectivity index (χ1v) is 6.75. The average molecular weight is 286 g/mol. The summed E-state index contributed by atoms with van der Waals surface area (Å²) in [5.74, 6) is -0.200. The van der Waals surface area contributed by atoms with E-state index in [4.69, 9.17) is 0 Å². The van der Waals surface area contributed by atoms with Crippen molar-refractivity contribution in [1.29, 1.82) is 0 Å². The van der Waals surface area contributed by atoms with Crippen LogP contribution in [0.1, 0.15) is 28.4 Å². The summed E-state index contributed by atoms with van der Waals surface area (Å²) in [6.07, 6.45) is 1.86. The van der Waals surface area contributed by atoms with Gasteiger partial charge in [-0.15, -0.1) is 0 Å². The topological polar surface area (TPSA) is 73.4 Å². The molecule has 0 aliphatic carbocycles. The molecule has 1 aromatic carbocycles. The number of carbonyl (C=O) groups is 1. The summed E-state index contributed by atoms with van der Waals surface area (Å²) >= 11 is 0. The van der Waals surface area contributed by atoms with Crippen molar-refractivity contribution in [3.05, 3.63) is 70.1 Å². The van der Waals surface area contributed by atoms with E-state index in [-0.39, 0.29) is 24.1 Å². The quantitative estimate of drug-likeness (QED) is 0.876. The molecule has 110 valence electrons. The van der Waals surface area contributed by atoms with Gasteiger partial charge in [-0.05, 0) is 18.1 Å². The lowest BCUT2D eigenvalue weighted by Gasteiger charge is -2.28. The summed E-state index contributed by atoms with van der Waals surface area (Å²) in [6.45, 7) is -0.0111. The zero-order chi connectivity index (χ0) is 15.2. The van der Waals surface area contributed by atoms with Crippen LogP contribution >= 0.6 is 0 Å². The Labute approximate surface area is 122 Å². The zero-order valence-corrected chi connectivity index (χ0v) is 11.8. The van der Waals surface area contributed by atoms with Crippen LogP contribution in [0.25, 0.3) is 0 Å². The van der Waals surface area contributed by atoms with Crippen molar-refractivity contribution in [2.45, 2.75) is 12.5 Å². The van der Waals surface area contributed by atoms with Crippen LogP contribution in [0, 0.1) is 0 Å². The molecule has 1 unspecified atom stereocenters. The number of H-pyrrole nitrogens is 1. The summed E-state index contributed by atoms with van der Waals surface area (Å²) < 4.78 is 0. The van der Waals surface area contributed by atoms with Crippen molar-refractivity contribution >= 4 is 5.91 Å². The third-order valence-electron chi connectivity index (χ3n) is 3.41. The number of aromatic amines is 1. The zero-order valence-electron chi connectivity index (χ0n) is 11.8. The molecule has 0 bridgehead atoms. The van der Waals surface area contributed by atoms with E-state index in [9.17, 15) is 14.7 Å². The minimum absolute atomic E-state index is 0.0111. The van der Waals surface area contributed by atoms with Gasteiger partial charge in [-0.2, -0.15) is 0 Å². The van der Waals surface area contributed by atoms with Crippen LogP contribution in [0.4, 0.5) is 0 Å². The lowest BCUT2D eigenvalue weighted by molar-refractivity contribution is 0.0704. The summed E-state index contributed by atoms with van der Waals surface area (Å²) in [4.78, 5) is 27.6. The normalized spacial score (nSPS) is 11.9. The molecule has 2 aromatic rings. The summed E-state index contributed by atoms with van der Waals surface area (Å²) in [5.41, 5.74) is 1.13. The largest absolute Gasteiger partial charge is 0.396 e. The van der Waals surface area contributed by atoms with E-state index < -0.39 is 0 Å². The van der Waals surface area contributed by atoms with Crippen molar-refractivity contribution in [2.75, 3.05) is 13.7 Å². The minimum atomic E-state index is -0.246. The molecule has 0 radical (unpaired) electrons. The van der Waals surface area contributed by atoms with E-state index in [0.717, 1.165) is 5.56 Å². The smallest absolute Gasteiger partial charge is 0.255 e. The molecule has 1 atom stereocenters. The van der Waals surface area contributed by atoms with Crippen molar-refractivity contribution in [1.82, 2.24) is 9.88 Å². The molecule has 0 aliphatic rings. The van der Waals surface area contributed by atoms with E-state index in [2.05, 4.69) is 4.98 Å². The van der Waals surface area contributed by atoms with Gasteiger partial charge in [-0.25, -0.2) is 0 Å². The Morgan fingerprint density at radius 2 is 1.95 bits per heavy atom. The number of carbonyl (C=O) groups excluding carboxylic acids is 1. The van der Waals surface area contributed by atoms with E-state index in [1.165, 1.54) is 18.3 Å². The molecule has 21 heavy (non-hydrogen) atoms. The molecule has 1 aromatic heterocycles. The summed E-state index contributed by atoms with van der Waals surface area (Å²) in [6, 6.07) is 12.2. The highest BCUT2D eigenvalue weighted by Gasteiger charge is 2.22. The number of amides is 1. The van der Waals surface area contributed by atoms with Gasteiger partial charge in [-0.3, -0.25) is 9.59 Å². The number of nitrogens with zero attached hydrogens (tertiary/aromatic N) is 1. The predicted molar refractivity (Wildman–Crippen MR) is 80.0 cm³/mol. The molecule has 2 N–H and O–H groups in total. The van der Waals surface area contributed by atoms with Crippen LogP contribution in [0.2, 0.25) is 0 Å². The van der Waals surface area contributed by atoms with Crippen molar-refractivity contribution in [3.8, 4) is 0 Å². The lowest BCUT2D eigenvalue weighted by Crippen LogP contribution is -2.32. The van der Waals surface area contributed by atoms with Gasteiger partial charge in [0.1, 0.15) is 0 Å². The van der Waals surface area contributed by atoms with Gasteiger partial charge < -0.3 is 15.0 Å². The number of pyridine rings is 1. The second-order valence-corrected chi connectivity index (χ2v) is 4.80. The maximum Gasteiger partial charge on any atom is 0.255 e. The first-order chi connectivity index (χ1) is 10.1. The molecule has 0 saturated heterocycles. The molecular weight excluding hydrogens is 268 g/mol. The number of hydrogen-bond acceptors (Lipinski definition) is 3. The Kier molecular flexibility index (Phi) is 4.90. The van der Waals surface area contributed by atoms with Crippen molar-refractivity contribution < 1.29 is 9.90 Å². The lowest BCUT2D eigenvalue weighted by atomic mass is 10.0. The van der Waals surface area contributed by atoms with E-state index in [1.807, 2.05) is 30.3 Å². The molecular formula is C16H18N2O3. The number of nitrogens with one attached hydrogen (secondary N) is 1. The second-order valence-electron chi connectivity index (χ2n) is 4.80. The first-order valence-electron chi connectivity index (χ1n) is 6.75. The van der Waals surface area contributed by atoms with Crippen LogP contribution in [-0.4, -0.2) is 34.6 Å². The Balaban J connectivity index is 2.26.